The van der Waals surface area contributed by atoms with E-state index in [1.807, 2.05) is 6.08 Å². The van der Waals surface area contributed by atoms with Gasteiger partial charge in [0.2, 0.25) is 0 Å². The molecule has 3 unspecified atom stereocenters. The zero-order chi connectivity index (χ0) is 10.8. The maximum Gasteiger partial charge on any atom is 0.00764 e. The van der Waals surface area contributed by atoms with Gasteiger partial charge in [0, 0.05) is 6.04 Å². The van der Waals surface area contributed by atoms with Crippen molar-refractivity contribution < 1.29 is 0 Å². The van der Waals surface area contributed by atoms with E-state index >= 15 is 0 Å². The van der Waals surface area contributed by atoms with Crippen molar-refractivity contribution in [1.82, 2.24) is 5.32 Å². The molecule has 0 aromatic carbocycles. The Labute approximate surface area is 93.0 Å². The summed E-state index contributed by atoms with van der Waals surface area (Å²) in [7, 11) is 0. The van der Waals surface area contributed by atoms with Gasteiger partial charge in [0.05, 0.1) is 0 Å². The minimum atomic E-state index is 0.769. The van der Waals surface area contributed by atoms with Crippen LogP contribution in [0.5, 0.6) is 0 Å². The van der Waals surface area contributed by atoms with Gasteiger partial charge in [-0.3, -0.25) is 0 Å². The largest absolute Gasteiger partial charge is 0.314 e. The lowest BCUT2D eigenvalue weighted by Crippen LogP contribution is -2.30. The van der Waals surface area contributed by atoms with Gasteiger partial charge in [-0.25, -0.2) is 0 Å². The van der Waals surface area contributed by atoms with Crippen molar-refractivity contribution in [3.63, 3.8) is 0 Å². The zero-order valence-corrected chi connectivity index (χ0v) is 9.79. The minimum Gasteiger partial charge on any atom is -0.314 e. The summed E-state index contributed by atoms with van der Waals surface area (Å²) in [4.78, 5) is 0. The number of hydrogen-bond acceptors (Lipinski definition) is 1. The van der Waals surface area contributed by atoms with E-state index in [2.05, 4.69) is 37.9 Å². The Kier molecular flexibility index (Phi) is 3.11. The Morgan fingerprint density at radius 3 is 2.67 bits per heavy atom. The summed E-state index contributed by atoms with van der Waals surface area (Å²) in [5.41, 5.74) is 2.94. The first kappa shape index (κ1) is 10.7. The highest BCUT2D eigenvalue weighted by Crippen LogP contribution is 2.42. The summed E-state index contributed by atoms with van der Waals surface area (Å²) in [6.45, 7) is 9.38. The molecule has 0 amide bonds. The molecule has 3 atom stereocenters. The van der Waals surface area contributed by atoms with Crippen LogP contribution in [0.15, 0.2) is 36.0 Å². The summed E-state index contributed by atoms with van der Waals surface area (Å²) in [5, 5.41) is 3.57. The maximum absolute atomic E-state index is 3.83. The summed E-state index contributed by atoms with van der Waals surface area (Å²) >= 11 is 0. The molecule has 1 heterocycles. The molecular formula is C14H21N. The van der Waals surface area contributed by atoms with E-state index in [-0.39, 0.29) is 0 Å². The lowest BCUT2D eigenvalue weighted by molar-refractivity contribution is 0.401. The Morgan fingerprint density at radius 2 is 2.20 bits per heavy atom. The predicted molar refractivity (Wildman–Crippen MR) is 65.7 cm³/mol. The molecule has 1 aliphatic heterocycles. The summed E-state index contributed by atoms with van der Waals surface area (Å²) < 4.78 is 0. The normalized spacial score (nSPS) is 36.0. The average molecular weight is 203 g/mol. The van der Waals surface area contributed by atoms with Crippen LogP contribution in [0.4, 0.5) is 0 Å². The second-order valence-electron chi connectivity index (χ2n) is 4.77. The highest BCUT2D eigenvalue weighted by atomic mass is 15.0. The maximum atomic E-state index is 3.83. The van der Waals surface area contributed by atoms with Gasteiger partial charge >= 0.3 is 0 Å². The molecule has 2 aliphatic rings. The number of nitrogens with one attached hydrogen (secondary N) is 1. The monoisotopic (exact) mass is 203 g/mol. The lowest BCUT2D eigenvalue weighted by atomic mass is 9.83. The van der Waals surface area contributed by atoms with Crippen LogP contribution in [0.1, 0.15) is 26.7 Å². The standard InChI is InChI=1S/C14H21N/c1-4-6-13(10(3)5-2)14-8-12-7-11(14)9-15-12/h4-6,11-12,14-15H,1,7-9H2,2-3H3/b10-5-,13-6+. The van der Waals surface area contributed by atoms with E-state index in [0.29, 0.717) is 0 Å². The quantitative estimate of drug-likeness (QED) is 0.695. The molecule has 0 aromatic rings. The predicted octanol–water partition coefficient (Wildman–Crippen LogP) is 3.06. The average Bonchev–Trinajstić information content (AvgIpc) is 2.86. The summed E-state index contributed by atoms with van der Waals surface area (Å²) in [6, 6.07) is 0.776. The molecule has 2 rings (SSSR count). The fraction of sp³-hybridized carbons (Fsp3) is 0.571. The SMILES string of the molecule is C=C/C=C(\C(C)=C/C)C1CC2CC1CN2. The molecule has 0 radical (unpaired) electrons. The molecule has 0 aromatic heterocycles. The third-order valence-electron chi connectivity index (χ3n) is 3.95. The molecule has 1 saturated carbocycles. The van der Waals surface area contributed by atoms with Crippen LogP contribution in [-0.4, -0.2) is 12.6 Å². The number of rotatable bonds is 3. The Morgan fingerprint density at radius 1 is 1.40 bits per heavy atom. The molecule has 2 bridgehead atoms. The molecule has 1 saturated heterocycles. The van der Waals surface area contributed by atoms with Gasteiger partial charge in [0.15, 0.2) is 0 Å². The van der Waals surface area contributed by atoms with E-state index < -0.39 is 0 Å². The van der Waals surface area contributed by atoms with Crippen LogP contribution in [0, 0.1) is 11.8 Å². The first-order chi connectivity index (χ1) is 7.26. The van der Waals surface area contributed by atoms with Crippen molar-refractivity contribution in [3.8, 4) is 0 Å². The fourth-order valence-corrected chi connectivity index (χ4v) is 3.06. The van der Waals surface area contributed by atoms with Crippen LogP contribution >= 0.6 is 0 Å². The second-order valence-corrected chi connectivity index (χ2v) is 4.77. The smallest absolute Gasteiger partial charge is 0.00764 e. The van der Waals surface area contributed by atoms with Gasteiger partial charge in [-0.1, -0.05) is 30.4 Å². The van der Waals surface area contributed by atoms with Gasteiger partial charge in [-0.2, -0.15) is 0 Å². The van der Waals surface area contributed by atoms with E-state index in [9.17, 15) is 0 Å². The third kappa shape index (κ3) is 1.93. The first-order valence-corrected chi connectivity index (χ1v) is 5.95. The Bertz CT molecular complexity index is 311. The molecule has 1 nitrogen and oxygen atoms in total. The van der Waals surface area contributed by atoms with Crippen molar-refractivity contribution in [2.45, 2.75) is 32.7 Å². The van der Waals surface area contributed by atoms with Crippen LogP contribution in [0.25, 0.3) is 0 Å². The van der Waals surface area contributed by atoms with Crippen molar-refractivity contribution in [2.75, 3.05) is 6.54 Å². The minimum absolute atomic E-state index is 0.769. The van der Waals surface area contributed by atoms with Crippen molar-refractivity contribution in [3.05, 3.63) is 36.0 Å². The zero-order valence-electron chi connectivity index (χ0n) is 9.79. The van der Waals surface area contributed by atoms with Gasteiger partial charge < -0.3 is 5.32 Å². The fourth-order valence-electron chi connectivity index (χ4n) is 3.06. The van der Waals surface area contributed by atoms with Crippen LogP contribution in [-0.2, 0) is 0 Å². The van der Waals surface area contributed by atoms with E-state index in [1.54, 1.807) is 0 Å². The molecule has 1 N–H and O–H groups in total. The molecule has 0 spiro atoms. The van der Waals surface area contributed by atoms with Crippen molar-refractivity contribution in [2.24, 2.45) is 11.8 Å². The van der Waals surface area contributed by atoms with Crippen LogP contribution < -0.4 is 5.32 Å². The van der Waals surface area contributed by atoms with Crippen molar-refractivity contribution >= 4 is 0 Å². The molecule has 2 fully saturated rings. The number of hydrogen-bond donors (Lipinski definition) is 1. The lowest BCUT2D eigenvalue weighted by Gasteiger charge is -2.25. The Balaban J connectivity index is 2.19. The van der Waals surface area contributed by atoms with Crippen LogP contribution in [0.3, 0.4) is 0 Å². The Hall–Kier alpha value is -0.820. The van der Waals surface area contributed by atoms with Crippen LogP contribution in [0.2, 0.25) is 0 Å². The highest BCUT2D eigenvalue weighted by molar-refractivity contribution is 5.35. The van der Waals surface area contributed by atoms with Crippen molar-refractivity contribution in [1.29, 1.82) is 0 Å². The number of fused-ring (bicyclic) bond motifs is 2. The van der Waals surface area contributed by atoms with E-state index in [1.165, 1.54) is 30.5 Å². The first-order valence-electron chi connectivity index (χ1n) is 5.95. The second kappa shape index (κ2) is 4.36. The van der Waals surface area contributed by atoms with E-state index in [4.69, 9.17) is 0 Å². The molecule has 1 heteroatoms. The molecule has 82 valence electrons. The summed E-state index contributed by atoms with van der Waals surface area (Å²) in [6.07, 6.45) is 9.04. The third-order valence-corrected chi connectivity index (χ3v) is 3.95. The highest BCUT2D eigenvalue weighted by Gasteiger charge is 2.40. The topological polar surface area (TPSA) is 12.0 Å². The molecular weight excluding hydrogens is 182 g/mol. The van der Waals surface area contributed by atoms with Gasteiger partial charge in [0.1, 0.15) is 0 Å². The number of piperidine rings is 1. The molecule has 15 heavy (non-hydrogen) atoms. The van der Waals surface area contributed by atoms with Gasteiger partial charge in [-0.15, -0.1) is 0 Å². The van der Waals surface area contributed by atoms with Gasteiger partial charge in [-0.05, 0) is 50.6 Å². The van der Waals surface area contributed by atoms with Gasteiger partial charge in [0.25, 0.3) is 0 Å². The van der Waals surface area contributed by atoms with E-state index in [0.717, 1.165) is 17.9 Å². The molecule has 1 aliphatic carbocycles. The summed E-state index contributed by atoms with van der Waals surface area (Å²) in [5.74, 6) is 1.63. The number of allylic oxidation sites excluding steroid dienone is 5.